The van der Waals surface area contributed by atoms with E-state index < -0.39 is 85.0 Å². The van der Waals surface area contributed by atoms with Crippen LogP contribution in [0.4, 0.5) is 41.2 Å². The Morgan fingerprint density at radius 2 is 1.61 bits per heavy atom. The van der Waals surface area contributed by atoms with Gasteiger partial charge in [0.1, 0.15) is 19.0 Å². The minimum absolute atomic E-state index is 0.0287. The number of likely N-dealkylation sites (tertiary alicyclic amines) is 1. The summed E-state index contributed by atoms with van der Waals surface area (Å²) in [5, 5.41) is 21.4. The van der Waals surface area contributed by atoms with Gasteiger partial charge in [-0.2, -0.15) is 26.3 Å². The number of fused-ring (bicyclic) bond motifs is 2. The molecule has 3 aromatic carbocycles. The molecule has 0 saturated carbocycles. The highest BCUT2D eigenvalue weighted by atomic mass is 32.2. The van der Waals surface area contributed by atoms with Gasteiger partial charge in [0, 0.05) is 5.56 Å². The zero-order chi connectivity index (χ0) is 37.4. The van der Waals surface area contributed by atoms with Gasteiger partial charge in [-0.25, -0.2) is 26.9 Å². The molecule has 3 heterocycles. The van der Waals surface area contributed by atoms with E-state index in [1.807, 2.05) is 0 Å². The number of likely N-dealkylation sites (N-methyl/N-ethyl adjacent to an activating group) is 1. The van der Waals surface area contributed by atoms with Crippen molar-refractivity contribution < 1.29 is 68.2 Å². The second-order valence-electron chi connectivity index (χ2n) is 13.0. The molecule has 0 radical (unpaired) electrons. The van der Waals surface area contributed by atoms with Crippen LogP contribution in [-0.2, 0) is 38.2 Å². The Bertz CT molecular complexity index is 1950. The summed E-state index contributed by atoms with van der Waals surface area (Å²) in [6.45, 7) is -0.372. The largest absolute Gasteiger partial charge is 0.445 e. The number of quaternary nitrogens is 1. The molecule has 0 bridgehead atoms. The first-order valence-corrected chi connectivity index (χ1v) is 17.0. The van der Waals surface area contributed by atoms with Crippen molar-refractivity contribution in [2.75, 3.05) is 24.4 Å². The summed E-state index contributed by atoms with van der Waals surface area (Å²) in [5.41, 5.74) is -8.50. The Hall–Kier alpha value is -4.26. The predicted molar refractivity (Wildman–Crippen MR) is 163 cm³/mol. The number of halogens is 7. The number of nitrogens with zero attached hydrogens (tertiary/aromatic N) is 3. The fraction of sp³-hybridized carbons (Fsp3) is 0.394. The second kappa shape index (κ2) is 12.2. The number of piperazine rings is 1. The number of aliphatic hydroxyl groups is 2. The molecule has 0 spiro atoms. The zero-order valence-electron chi connectivity index (χ0n) is 26.7. The number of sulfonamides is 1. The number of amides is 2. The summed E-state index contributed by atoms with van der Waals surface area (Å²) < 4.78 is 129. The van der Waals surface area contributed by atoms with E-state index >= 15 is 0 Å². The third-order valence-corrected chi connectivity index (χ3v) is 12.0. The van der Waals surface area contributed by atoms with Crippen LogP contribution in [0.3, 0.4) is 0 Å². The number of aryl methyl sites for hydroxylation is 1. The fourth-order valence-electron chi connectivity index (χ4n) is 7.11. The van der Waals surface area contributed by atoms with Crippen molar-refractivity contribution in [2.24, 2.45) is 0 Å². The summed E-state index contributed by atoms with van der Waals surface area (Å²) in [4.78, 5) is 27.4. The maximum Gasteiger partial charge on any atom is 0.430 e. The maximum absolute atomic E-state index is 14.0. The van der Waals surface area contributed by atoms with Gasteiger partial charge >= 0.3 is 24.4 Å². The van der Waals surface area contributed by atoms with E-state index in [0.717, 1.165) is 29.8 Å². The van der Waals surface area contributed by atoms with Crippen molar-refractivity contribution >= 4 is 27.7 Å². The number of anilines is 1. The van der Waals surface area contributed by atoms with E-state index in [1.165, 1.54) is 11.9 Å². The van der Waals surface area contributed by atoms with E-state index in [0.29, 0.717) is 22.5 Å². The zero-order valence-corrected chi connectivity index (χ0v) is 27.5. The van der Waals surface area contributed by atoms with E-state index in [9.17, 15) is 59.0 Å². The summed E-state index contributed by atoms with van der Waals surface area (Å²) in [6.07, 6.45) is -14.2. The third kappa shape index (κ3) is 5.81. The van der Waals surface area contributed by atoms with Crippen LogP contribution < -0.4 is 4.31 Å². The molecule has 4 atom stereocenters. The lowest BCUT2D eigenvalue weighted by molar-refractivity contribution is -0.765. The molecule has 10 nitrogen and oxygen atoms in total. The number of carbonyl (C=O) groups excluding carboxylic acids is 2. The van der Waals surface area contributed by atoms with E-state index in [-0.39, 0.29) is 43.8 Å². The molecular formula is C33H31F7N3O7S+. The first-order valence-electron chi connectivity index (χ1n) is 15.5. The Morgan fingerprint density at radius 1 is 0.980 bits per heavy atom. The van der Waals surface area contributed by atoms with Gasteiger partial charge in [0.05, 0.1) is 36.6 Å². The molecular weight excluding hydrogens is 715 g/mol. The van der Waals surface area contributed by atoms with Gasteiger partial charge < -0.3 is 14.9 Å². The molecule has 2 fully saturated rings. The van der Waals surface area contributed by atoms with Gasteiger partial charge in [-0.15, -0.1) is 0 Å². The number of hydrogen-bond donors (Lipinski definition) is 2. The van der Waals surface area contributed by atoms with Crippen LogP contribution in [-0.4, -0.2) is 90.3 Å². The van der Waals surface area contributed by atoms with Gasteiger partial charge in [0.2, 0.25) is 6.04 Å². The van der Waals surface area contributed by atoms with Gasteiger partial charge in [-0.3, -0.25) is 9.21 Å². The molecule has 3 aromatic rings. The van der Waals surface area contributed by atoms with E-state index in [4.69, 9.17) is 4.74 Å². The van der Waals surface area contributed by atoms with Crippen molar-refractivity contribution in [3.05, 3.63) is 95.3 Å². The average molecular weight is 747 g/mol. The highest BCUT2D eigenvalue weighted by molar-refractivity contribution is 7.92. The standard InChI is InChI=1S/C33H31F7N3O7S/c1-43(27-17-41(19-30(27,43)46)29(45)50-18-20-5-3-2-4-6-20)28(44)16-24-11-7-21-15-22(31(47,32(35,36)37)33(38,39)40)8-14-26(21)42(24)51(48,49)25-12-9-23(34)10-13-25/h2-6,8-10,12-15,24,27,46-47H,7,11,16-19H2,1H3/q+1/t24-,27+,30+,43?/m0/s1. The lowest BCUT2D eigenvalue weighted by Crippen LogP contribution is -2.54. The number of hydrogen-bond acceptors (Lipinski definition) is 7. The highest BCUT2D eigenvalue weighted by Crippen LogP contribution is 2.54. The Morgan fingerprint density at radius 3 is 2.18 bits per heavy atom. The lowest BCUT2D eigenvalue weighted by atomic mass is 9.87. The molecule has 2 N–H and O–H groups in total. The van der Waals surface area contributed by atoms with Crippen LogP contribution in [0.15, 0.2) is 77.7 Å². The lowest BCUT2D eigenvalue weighted by Gasteiger charge is -2.39. The Kier molecular flexibility index (Phi) is 8.72. The summed E-state index contributed by atoms with van der Waals surface area (Å²) in [6, 6.07) is 11.7. The molecule has 6 rings (SSSR count). The van der Waals surface area contributed by atoms with Crippen LogP contribution in [0.5, 0.6) is 0 Å². The van der Waals surface area contributed by atoms with Gasteiger partial charge in [-0.05, 0) is 54.3 Å². The smallest absolute Gasteiger partial charge is 0.430 e. The molecule has 2 saturated heterocycles. The second-order valence-corrected chi connectivity index (χ2v) is 14.8. The molecule has 1 unspecified atom stereocenters. The highest BCUT2D eigenvalue weighted by Gasteiger charge is 2.85. The molecule has 0 aliphatic carbocycles. The van der Waals surface area contributed by atoms with Gasteiger partial charge in [-0.1, -0.05) is 42.5 Å². The van der Waals surface area contributed by atoms with Crippen LogP contribution in [0, 0.1) is 5.82 Å². The van der Waals surface area contributed by atoms with Crippen LogP contribution in [0.25, 0.3) is 0 Å². The SMILES string of the molecule is C[N+]1(C(=O)C[C@@H]2CCc3cc(C(O)(C(F)(F)F)C(F)(F)F)ccc3N2S(=O)(=O)c2ccc(F)cc2)[C@@H]2CN(C(=O)OCc3ccccc3)C[C@@]21O. The van der Waals surface area contributed by atoms with E-state index in [2.05, 4.69) is 0 Å². The number of rotatable bonds is 7. The van der Waals surface area contributed by atoms with Crippen LogP contribution in [0.2, 0.25) is 0 Å². The topological polar surface area (TPSA) is 124 Å². The monoisotopic (exact) mass is 746 g/mol. The predicted octanol–water partition coefficient (Wildman–Crippen LogP) is 4.73. The molecule has 3 aliphatic rings. The number of ether oxygens (including phenoxy) is 1. The normalized spacial score (nSPS) is 24.9. The summed E-state index contributed by atoms with van der Waals surface area (Å²) in [5.74, 6) is -1.44. The average Bonchev–Trinajstić information content (AvgIpc) is 3.31. The Balaban J connectivity index is 1.27. The minimum atomic E-state index is -6.19. The first-order chi connectivity index (χ1) is 23.7. The van der Waals surface area contributed by atoms with Crippen molar-refractivity contribution in [2.45, 2.75) is 66.5 Å². The van der Waals surface area contributed by atoms with Crippen molar-refractivity contribution in [3.63, 3.8) is 0 Å². The summed E-state index contributed by atoms with van der Waals surface area (Å²) in [7, 11) is -3.32. The van der Waals surface area contributed by atoms with Gasteiger partial charge in [0.15, 0.2) is 0 Å². The quantitative estimate of drug-likeness (QED) is 0.204. The van der Waals surface area contributed by atoms with Crippen molar-refractivity contribution in [3.8, 4) is 0 Å². The number of alkyl halides is 6. The molecule has 3 aliphatic heterocycles. The number of benzene rings is 3. The van der Waals surface area contributed by atoms with Gasteiger partial charge in [0.25, 0.3) is 21.3 Å². The first kappa shape index (κ1) is 36.5. The van der Waals surface area contributed by atoms with Crippen LogP contribution >= 0.6 is 0 Å². The molecule has 2 amide bonds. The summed E-state index contributed by atoms with van der Waals surface area (Å²) >= 11 is 0. The Labute approximate surface area is 286 Å². The van der Waals surface area contributed by atoms with E-state index in [1.54, 1.807) is 30.3 Å². The number of carbonyl (C=O) groups is 2. The van der Waals surface area contributed by atoms with Crippen molar-refractivity contribution in [1.29, 1.82) is 0 Å². The van der Waals surface area contributed by atoms with Crippen LogP contribution in [0.1, 0.15) is 29.5 Å². The number of β-amino-alcohol motifs (C(OH)–C–C–N with tert-alkyl or cyclic N) is 1. The van der Waals surface area contributed by atoms with Crippen molar-refractivity contribution in [1.82, 2.24) is 4.90 Å². The minimum Gasteiger partial charge on any atom is -0.445 e. The maximum atomic E-state index is 14.0. The molecule has 18 heteroatoms. The molecule has 51 heavy (non-hydrogen) atoms. The third-order valence-electron chi connectivity index (χ3n) is 10.1. The fourth-order valence-corrected chi connectivity index (χ4v) is 8.82. The molecule has 274 valence electrons. The molecule has 0 aromatic heterocycles.